The average Bonchev–Trinajstić information content (AvgIpc) is 2.80. The number of nitrogens with zero attached hydrogens (tertiary/aromatic N) is 2. The quantitative estimate of drug-likeness (QED) is 0.847. The zero-order valence-corrected chi connectivity index (χ0v) is 13.1. The minimum absolute atomic E-state index is 0.0889. The number of aromatic amines is 1. The molecule has 9 heteroatoms. The predicted molar refractivity (Wildman–Crippen MR) is 78.7 cm³/mol. The molecule has 0 aliphatic carbocycles. The monoisotopic (exact) mass is 330 g/mol. The fourth-order valence-corrected chi connectivity index (χ4v) is 3.11. The van der Waals surface area contributed by atoms with Gasteiger partial charge in [-0.05, 0) is 12.5 Å². The van der Waals surface area contributed by atoms with E-state index < -0.39 is 15.6 Å². The van der Waals surface area contributed by atoms with Crippen LogP contribution in [0.1, 0.15) is 18.2 Å². The second-order valence-corrected chi connectivity index (χ2v) is 6.64. The Bertz CT molecular complexity index is 810. The highest BCUT2D eigenvalue weighted by Crippen LogP contribution is 2.12. The Hall–Kier alpha value is -1.64. The highest BCUT2D eigenvalue weighted by molar-refractivity contribution is 7.89. The van der Waals surface area contributed by atoms with Crippen molar-refractivity contribution >= 4 is 21.6 Å². The third-order valence-corrected chi connectivity index (χ3v) is 4.58. The van der Waals surface area contributed by atoms with Crippen LogP contribution >= 0.6 is 11.6 Å². The molecule has 0 aliphatic heterocycles. The van der Waals surface area contributed by atoms with Crippen molar-refractivity contribution in [2.45, 2.75) is 24.8 Å². The first-order valence-corrected chi connectivity index (χ1v) is 8.09. The molecular formula is C12H15ClN4O3S. The Morgan fingerprint density at radius 1 is 1.48 bits per heavy atom. The van der Waals surface area contributed by atoms with Crippen LogP contribution < -0.4 is 10.3 Å². The van der Waals surface area contributed by atoms with Crippen LogP contribution in [0.25, 0.3) is 0 Å². The molecule has 0 saturated heterocycles. The molecule has 0 saturated carbocycles. The first-order valence-electron chi connectivity index (χ1n) is 6.22. The van der Waals surface area contributed by atoms with E-state index in [1.165, 1.54) is 0 Å². The lowest BCUT2D eigenvalue weighted by molar-refractivity contribution is 0.580. The number of aryl methyl sites for hydroxylation is 2. The van der Waals surface area contributed by atoms with E-state index in [1.807, 2.05) is 6.92 Å². The van der Waals surface area contributed by atoms with E-state index in [9.17, 15) is 13.2 Å². The Kier molecular flexibility index (Phi) is 4.50. The summed E-state index contributed by atoms with van der Waals surface area (Å²) in [7, 11) is -1.98. The van der Waals surface area contributed by atoms with Crippen molar-refractivity contribution < 1.29 is 8.42 Å². The van der Waals surface area contributed by atoms with Crippen LogP contribution in [0.3, 0.4) is 0 Å². The van der Waals surface area contributed by atoms with Crippen molar-refractivity contribution in [1.29, 1.82) is 0 Å². The van der Waals surface area contributed by atoms with Gasteiger partial charge in [0.2, 0.25) is 10.0 Å². The molecule has 0 unspecified atom stereocenters. The Morgan fingerprint density at radius 2 is 2.19 bits per heavy atom. The van der Waals surface area contributed by atoms with Gasteiger partial charge in [-0.25, -0.2) is 13.1 Å². The number of nitrogens with one attached hydrogen (secondary N) is 2. The summed E-state index contributed by atoms with van der Waals surface area (Å²) >= 11 is 5.64. The molecule has 7 nitrogen and oxygen atoms in total. The topological polar surface area (TPSA) is 96.8 Å². The zero-order chi connectivity index (χ0) is 15.6. The first kappa shape index (κ1) is 15.7. The molecule has 2 heterocycles. The molecule has 2 rings (SSSR count). The van der Waals surface area contributed by atoms with Crippen molar-refractivity contribution in [3.63, 3.8) is 0 Å². The van der Waals surface area contributed by atoms with E-state index in [1.54, 1.807) is 17.9 Å². The summed E-state index contributed by atoms with van der Waals surface area (Å²) in [6.07, 6.45) is 3.59. The molecule has 114 valence electrons. The highest BCUT2D eigenvalue weighted by Gasteiger charge is 2.17. The van der Waals surface area contributed by atoms with E-state index in [0.717, 1.165) is 23.5 Å². The minimum Gasteiger partial charge on any atom is -0.326 e. The van der Waals surface area contributed by atoms with Crippen molar-refractivity contribution in [1.82, 2.24) is 19.5 Å². The molecule has 0 aromatic carbocycles. The standard InChI is InChI=1S/C12H15ClN4O3S/c1-3-11-8(7-17(2)16-11)5-15-21(19,20)9-4-10(13)12(18)14-6-9/h4,6-7,15H,3,5H2,1-2H3,(H,14,18). The minimum atomic E-state index is -3.76. The van der Waals surface area contributed by atoms with E-state index in [-0.39, 0.29) is 16.5 Å². The lowest BCUT2D eigenvalue weighted by Crippen LogP contribution is -2.24. The fraction of sp³-hybridized carbons (Fsp3) is 0.333. The lowest BCUT2D eigenvalue weighted by atomic mass is 10.2. The van der Waals surface area contributed by atoms with Gasteiger partial charge in [-0.2, -0.15) is 5.10 Å². The zero-order valence-electron chi connectivity index (χ0n) is 11.6. The molecule has 2 N–H and O–H groups in total. The smallest absolute Gasteiger partial charge is 0.266 e. The second kappa shape index (κ2) is 6.00. The van der Waals surface area contributed by atoms with Crippen LogP contribution in [-0.2, 0) is 30.0 Å². The van der Waals surface area contributed by atoms with E-state index in [4.69, 9.17) is 11.6 Å². The summed E-state index contributed by atoms with van der Waals surface area (Å²) in [5, 5.41) is 4.07. The summed E-state index contributed by atoms with van der Waals surface area (Å²) in [6, 6.07) is 1.12. The molecule has 0 spiro atoms. The molecule has 21 heavy (non-hydrogen) atoms. The van der Waals surface area contributed by atoms with Gasteiger partial charge in [0.1, 0.15) is 5.02 Å². The number of sulfonamides is 1. The van der Waals surface area contributed by atoms with Crippen LogP contribution in [0.15, 0.2) is 28.2 Å². The Balaban J connectivity index is 2.21. The number of hydrogen-bond acceptors (Lipinski definition) is 4. The molecule has 0 radical (unpaired) electrons. The summed E-state index contributed by atoms with van der Waals surface area (Å²) in [4.78, 5) is 13.3. The van der Waals surface area contributed by atoms with Crippen LogP contribution in [0.2, 0.25) is 5.02 Å². The molecule has 0 aliphatic rings. The van der Waals surface area contributed by atoms with Gasteiger partial charge in [0.25, 0.3) is 5.56 Å². The number of pyridine rings is 1. The Morgan fingerprint density at radius 3 is 2.81 bits per heavy atom. The Labute approximate surface area is 127 Å². The van der Waals surface area contributed by atoms with Crippen molar-refractivity contribution in [2.24, 2.45) is 7.05 Å². The molecule has 0 amide bonds. The average molecular weight is 331 g/mol. The van der Waals surface area contributed by atoms with Crippen LogP contribution in [0.4, 0.5) is 0 Å². The highest BCUT2D eigenvalue weighted by atomic mass is 35.5. The molecule has 2 aromatic rings. The van der Waals surface area contributed by atoms with E-state index in [0.29, 0.717) is 6.42 Å². The molecular weight excluding hydrogens is 316 g/mol. The SMILES string of the molecule is CCc1nn(C)cc1CNS(=O)(=O)c1c[nH]c(=O)c(Cl)c1. The number of H-pyrrole nitrogens is 1. The van der Waals surface area contributed by atoms with Gasteiger partial charge in [-0.1, -0.05) is 18.5 Å². The van der Waals surface area contributed by atoms with Crippen LogP contribution in [0.5, 0.6) is 0 Å². The first-order chi connectivity index (χ1) is 9.83. The van der Waals surface area contributed by atoms with Gasteiger partial charge >= 0.3 is 0 Å². The molecule has 0 atom stereocenters. The van der Waals surface area contributed by atoms with Gasteiger partial charge < -0.3 is 4.98 Å². The third-order valence-electron chi connectivity index (χ3n) is 2.92. The summed E-state index contributed by atoms with van der Waals surface area (Å²) in [5.74, 6) is 0. The normalized spacial score (nSPS) is 11.8. The fourth-order valence-electron chi connectivity index (χ4n) is 1.88. The third kappa shape index (κ3) is 3.52. The molecule has 2 aromatic heterocycles. The number of aromatic nitrogens is 3. The molecule has 0 bridgehead atoms. The molecule has 0 fully saturated rings. The number of hydrogen-bond donors (Lipinski definition) is 2. The maximum absolute atomic E-state index is 12.2. The van der Waals surface area contributed by atoms with Crippen LogP contribution in [-0.4, -0.2) is 23.2 Å². The summed E-state index contributed by atoms with van der Waals surface area (Å²) in [6.45, 7) is 2.07. The van der Waals surface area contributed by atoms with Crippen LogP contribution in [0, 0.1) is 0 Å². The van der Waals surface area contributed by atoms with E-state index in [2.05, 4.69) is 14.8 Å². The summed E-state index contributed by atoms with van der Waals surface area (Å²) < 4.78 is 28.4. The number of halogens is 1. The second-order valence-electron chi connectivity index (χ2n) is 4.47. The van der Waals surface area contributed by atoms with Gasteiger partial charge in [-0.15, -0.1) is 0 Å². The lowest BCUT2D eigenvalue weighted by Gasteiger charge is -2.06. The van der Waals surface area contributed by atoms with E-state index >= 15 is 0 Å². The number of rotatable bonds is 5. The van der Waals surface area contributed by atoms with Gasteiger partial charge in [0.15, 0.2) is 0 Å². The maximum Gasteiger partial charge on any atom is 0.266 e. The maximum atomic E-state index is 12.2. The summed E-state index contributed by atoms with van der Waals surface area (Å²) in [5.41, 5.74) is 1.11. The van der Waals surface area contributed by atoms with Crippen molar-refractivity contribution in [3.05, 3.63) is 45.1 Å². The predicted octanol–water partition coefficient (Wildman–Crippen LogP) is 0.803. The van der Waals surface area contributed by atoms with Crippen molar-refractivity contribution in [2.75, 3.05) is 0 Å². The van der Waals surface area contributed by atoms with Gasteiger partial charge in [-0.3, -0.25) is 9.48 Å². The van der Waals surface area contributed by atoms with Gasteiger partial charge in [0, 0.05) is 31.5 Å². The van der Waals surface area contributed by atoms with Crippen molar-refractivity contribution in [3.8, 4) is 0 Å². The largest absolute Gasteiger partial charge is 0.326 e. The van der Waals surface area contributed by atoms with Gasteiger partial charge in [0.05, 0.1) is 10.6 Å².